The number of aliphatic hydroxyl groups is 1. The SMILES string of the molecule is O=[N+]([O-])c1ccc([C@@H](N2CCNCC2)C(F)(F)CO)cc1. The minimum absolute atomic E-state index is 0.148. The van der Waals surface area contributed by atoms with Crippen LogP contribution in [0.15, 0.2) is 24.3 Å². The molecule has 0 aliphatic carbocycles. The highest BCUT2D eigenvalue weighted by Gasteiger charge is 2.44. The number of hydrogen-bond donors (Lipinski definition) is 2. The molecule has 0 radical (unpaired) electrons. The molecule has 0 amide bonds. The summed E-state index contributed by atoms with van der Waals surface area (Å²) in [5.74, 6) is -3.31. The highest BCUT2D eigenvalue weighted by molar-refractivity contribution is 5.35. The van der Waals surface area contributed by atoms with E-state index in [1.807, 2.05) is 0 Å². The van der Waals surface area contributed by atoms with Crippen molar-refractivity contribution in [1.82, 2.24) is 10.2 Å². The molecule has 2 N–H and O–H groups in total. The third-order valence-corrected chi connectivity index (χ3v) is 3.55. The van der Waals surface area contributed by atoms with Gasteiger partial charge in [-0.2, -0.15) is 0 Å². The zero-order valence-electron chi connectivity index (χ0n) is 11.3. The molecular weight excluding hydrogens is 284 g/mol. The van der Waals surface area contributed by atoms with E-state index in [0.717, 1.165) is 0 Å². The maximum Gasteiger partial charge on any atom is 0.289 e. The van der Waals surface area contributed by atoms with Crippen LogP contribution in [0.25, 0.3) is 0 Å². The van der Waals surface area contributed by atoms with Gasteiger partial charge in [-0.05, 0) is 5.56 Å². The Hall–Kier alpha value is -1.64. The predicted octanol–water partition coefficient (Wildman–Crippen LogP) is 1.17. The second-order valence-corrected chi connectivity index (χ2v) is 4.96. The second-order valence-electron chi connectivity index (χ2n) is 4.96. The van der Waals surface area contributed by atoms with E-state index in [1.54, 1.807) is 4.90 Å². The lowest BCUT2D eigenvalue weighted by Gasteiger charge is -2.38. The van der Waals surface area contributed by atoms with Crippen molar-refractivity contribution < 1.29 is 18.8 Å². The van der Waals surface area contributed by atoms with Gasteiger partial charge in [0.1, 0.15) is 12.6 Å². The Bertz CT molecular complexity index is 490. The van der Waals surface area contributed by atoms with Crippen molar-refractivity contribution in [1.29, 1.82) is 0 Å². The van der Waals surface area contributed by atoms with Gasteiger partial charge in [0.2, 0.25) is 0 Å². The van der Waals surface area contributed by atoms with Gasteiger partial charge in [0.25, 0.3) is 11.6 Å². The Balaban J connectivity index is 2.32. The van der Waals surface area contributed by atoms with Crippen LogP contribution in [0.2, 0.25) is 0 Å². The topological polar surface area (TPSA) is 78.6 Å². The van der Waals surface area contributed by atoms with Crippen LogP contribution in [0.5, 0.6) is 0 Å². The molecule has 0 unspecified atom stereocenters. The third kappa shape index (κ3) is 3.52. The molecule has 1 aromatic carbocycles. The van der Waals surface area contributed by atoms with Crippen LogP contribution >= 0.6 is 0 Å². The first-order chi connectivity index (χ1) is 9.95. The molecule has 0 saturated carbocycles. The van der Waals surface area contributed by atoms with E-state index in [-0.39, 0.29) is 11.3 Å². The smallest absolute Gasteiger partial charge is 0.289 e. The zero-order chi connectivity index (χ0) is 15.5. The summed E-state index contributed by atoms with van der Waals surface area (Å²) in [6.07, 6.45) is 0. The Morgan fingerprint density at radius 1 is 1.33 bits per heavy atom. The van der Waals surface area contributed by atoms with Crippen LogP contribution < -0.4 is 5.32 Å². The molecule has 1 fully saturated rings. The first-order valence-corrected chi connectivity index (χ1v) is 6.63. The van der Waals surface area contributed by atoms with Crippen LogP contribution in [-0.4, -0.2) is 53.6 Å². The van der Waals surface area contributed by atoms with Gasteiger partial charge in [0.05, 0.1) is 4.92 Å². The largest absolute Gasteiger partial charge is 0.390 e. The number of hydrogen-bond acceptors (Lipinski definition) is 5. The highest BCUT2D eigenvalue weighted by Crippen LogP contribution is 2.36. The van der Waals surface area contributed by atoms with E-state index >= 15 is 0 Å². The summed E-state index contributed by atoms with van der Waals surface area (Å²) in [4.78, 5) is 11.7. The number of nitrogens with one attached hydrogen (secondary N) is 1. The first-order valence-electron chi connectivity index (χ1n) is 6.63. The van der Waals surface area contributed by atoms with Gasteiger partial charge in [-0.25, -0.2) is 8.78 Å². The van der Waals surface area contributed by atoms with Crippen molar-refractivity contribution in [3.63, 3.8) is 0 Å². The summed E-state index contributed by atoms with van der Waals surface area (Å²) in [6, 6.07) is 3.78. The molecule has 2 rings (SSSR count). The fraction of sp³-hybridized carbons (Fsp3) is 0.538. The lowest BCUT2D eigenvalue weighted by molar-refractivity contribution is -0.384. The van der Waals surface area contributed by atoms with Crippen molar-refractivity contribution in [3.05, 3.63) is 39.9 Å². The molecule has 0 bridgehead atoms. The second kappa shape index (κ2) is 6.42. The molecule has 1 aliphatic heterocycles. The lowest BCUT2D eigenvalue weighted by Crippen LogP contribution is -2.51. The number of rotatable bonds is 5. The summed E-state index contributed by atoms with van der Waals surface area (Å²) in [5, 5.41) is 22.7. The Morgan fingerprint density at radius 3 is 2.38 bits per heavy atom. The molecule has 8 heteroatoms. The number of aliphatic hydroxyl groups excluding tert-OH is 1. The van der Waals surface area contributed by atoms with Crippen LogP contribution in [0, 0.1) is 10.1 Å². The van der Waals surface area contributed by atoms with Crippen molar-refractivity contribution in [3.8, 4) is 0 Å². The molecule has 21 heavy (non-hydrogen) atoms. The van der Waals surface area contributed by atoms with Crippen molar-refractivity contribution >= 4 is 5.69 Å². The van der Waals surface area contributed by atoms with E-state index in [1.165, 1.54) is 24.3 Å². The average molecular weight is 301 g/mol. The zero-order valence-corrected chi connectivity index (χ0v) is 11.3. The monoisotopic (exact) mass is 301 g/mol. The highest BCUT2D eigenvalue weighted by atomic mass is 19.3. The minimum atomic E-state index is -3.31. The van der Waals surface area contributed by atoms with Gasteiger partial charge in [-0.1, -0.05) is 12.1 Å². The third-order valence-electron chi connectivity index (χ3n) is 3.55. The van der Waals surface area contributed by atoms with Crippen molar-refractivity contribution in [2.24, 2.45) is 0 Å². The van der Waals surface area contributed by atoms with E-state index in [0.29, 0.717) is 26.2 Å². The number of nitro benzene ring substituents is 1. The van der Waals surface area contributed by atoms with Gasteiger partial charge >= 0.3 is 0 Å². The van der Waals surface area contributed by atoms with Gasteiger partial charge in [0, 0.05) is 38.3 Å². The quantitative estimate of drug-likeness (QED) is 0.630. The lowest BCUT2D eigenvalue weighted by atomic mass is 9.98. The molecule has 0 spiro atoms. The minimum Gasteiger partial charge on any atom is -0.390 e. The maximum absolute atomic E-state index is 14.1. The van der Waals surface area contributed by atoms with E-state index in [9.17, 15) is 18.9 Å². The van der Waals surface area contributed by atoms with Crippen LogP contribution in [0.1, 0.15) is 11.6 Å². The number of non-ortho nitro benzene ring substituents is 1. The number of benzene rings is 1. The standard InChI is InChI=1S/C13H17F2N3O3/c14-13(15,9-19)12(17-7-5-16-6-8-17)10-1-3-11(4-2-10)18(20)21/h1-4,12,16,19H,5-9H2/t12-/m1/s1. The molecule has 0 aromatic heterocycles. The van der Waals surface area contributed by atoms with Crippen LogP contribution in [0.4, 0.5) is 14.5 Å². The molecule has 1 aromatic rings. The average Bonchev–Trinajstić information content (AvgIpc) is 2.49. The molecule has 1 saturated heterocycles. The van der Waals surface area contributed by atoms with Gasteiger partial charge in [-0.3, -0.25) is 15.0 Å². The molecule has 1 atom stereocenters. The van der Waals surface area contributed by atoms with Gasteiger partial charge in [-0.15, -0.1) is 0 Å². The first kappa shape index (κ1) is 15.7. The molecule has 6 nitrogen and oxygen atoms in total. The van der Waals surface area contributed by atoms with Crippen molar-refractivity contribution in [2.45, 2.75) is 12.0 Å². The van der Waals surface area contributed by atoms with E-state index in [2.05, 4.69) is 5.32 Å². The summed E-state index contributed by atoms with van der Waals surface area (Å²) in [7, 11) is 0. The van der Waals surface area contributed by atoms with E-state index < -0.39 is 23.5 Å². The van der Waals surface area contributed by atoms with Gasteiger partial charge in [0.15, 0.2) is 0 Å². The van der Waals surface area contributed by atoms with Crippen molar-refractivity contribution in [2.75, 3.05) is 32.8 Å². The predicted molar refractivity (Wildman–Crippen MR) is 72.3 cm³/mol. The molecule has 1 aliphatic rings. The molecule has 1 heterocycles. The number of alkyl halides is 2. The maximum atomic E-state index is 14.1. The normalized spacial score (nSPS) is 18.4. The fourth-order valence-corrected chi connectivity index (χ4v) is 2.53. The molecular formula is C13H17F2N3O3. The Morgan fingerprint density at radius 2 is 1.90 bits per heavy atom. The summed E-state index contributed by atoms with van der Waals surface area (Å²) in [5.41, 5.74) is 0.117. The Kier molecular flexibility index (Phi) is 4.81. The van der Waals surface area contributed by atoms with E-state index in [4.69, 9.17) is 5.11 Å². The number of piperazine rings is 1. The number of nitro groups is 1. The molecule has 116 valence electrons. The van der Waals surface area contributed by atoms with Crippen LogP contribution in [-0.2, 0) is 0 Å². The summed E-state index contributed by atoms with van der Waals surface area (Å²) in [6.45, 7) is 0.767. The summed E-state index contributed by atoms with van der Waals surface area (Å²) < 4.78 is 28.2. The Labute approximate surface area is 120 Å². The number of nitrogens with zero attached hydrogens (tertiary/aromatic N) is 2. The number of halogens is 2. The summed E-state index contributed by atoms with van der Waals surface area (Å²) >= 11 is 0. The van der Waals surface area contributed by atoms with Crippen LogP contribution in [0.3, 0.4) is 0 Å². The van der Waals surface area contributed by atoms with Gasteiger partial charge < -0.3 is 10.4 Å². The fourth-order valence-electron chi connectivity index (χ4n) is 2.53.